The number of rotatable bonds is 3. The van der Waals surface area contributed by atoms with Crippen LogP contribution in [0.2, 0.25) is 0 Å². The van der Waals surface area contributed by atoms with Crippen molar-refractivity contribution in [3.8, 4) is 0 Å². The summed E-state index contributed by atoms with van der Waals surface area (Å²) in [5.74, 6) is -0.656. The molecule has 0 spiro atoms. The third kappa shape index (κ3) is 2.72. The monoisotopic (exact) mass is 235 g/mol. The molecule has 0 fully saturated rings. The molecule has 16 heavy (non-hydrogen) atoms. The van der Waals surface area contributed by atoms with Crippen molar-refractivity contribution in [3.63, 3.8) is 0 Å². The average molecular weight is 235 g/mol. The normalized spacial score (nSPS) is 13.9. The molecule has 1 nitrogen and oxygen atoms in total. The van der Waals surface area contributed by atoms with Gasteiger partial charge in [0.05, 0.1) is 5.56 Å². The standard InChI is InChI=1S/C11H13F4N/c1-3-10(16-2)8-6-7(12)4-5-9(8)11(13,14)15/h4-6,10,16H,3H2,1-2H3. The average Bonchev–Trinajstić information content (AvgIpc) is 2.17. The van der Waals surface area contributed by atoms with Gasteiger partial charge in [-0.05, 0) is 37.2 Å². The van der Waals surface area contributed by atoms with E-state index in [1.807, 2.05) is 0 Å². The van der Waals surface area contributed by atoms with Crippen molar-refractivity contribution in [2.45, 2.75) is 25.6 Å². The summed E-state index contributed by atoms with van der Waals surface area (Å²) in [6.45, 7) is 1.74. The van der Waals surface area contributed by atoms with E-state index in [0.29, 0.717) is 6.42 Å². The van der Waals surface area contributed by atoms with Gasteiger partial charge >= 0.3 is 6.18 Å². The molecule has 1 rings (SSSR count). The number of benzene rings is 1. The SMILES string of the molecule is CCC(NC)c1cc(F)ccc1C(F)(F)F. The third-order valence-electron chi connectivity index (χ3n) is 2.45. The van der Waals surface area contributed by atoms with Crippen LogP contribution in [-0.4, -0.2) is 7.05 Å². The first-order valence-corrected chi connectivity index (χ1v) is 4.94. The van der Waals surface area contributed by atoms with E-state index in [1.54, 1.807) is 14.0 Å². The topological polar surface area (TPSA) is 12.0 Å². The van der Waals surface area contributed by atoms with Crippen molar-refractivity contribution < 1.29 is 17.6 Å². The van der Waals surface area contributed by atoms with E-state index in [9.17, 15) is 17.6 Å². The van der Waals surface area contributed by atoms with Crippen LogP contribution in [-0.2, 0) is 6.18 Å². The lowest BCUT2D eigenvalue weighted by Crippen LogP contribution is -2.20. The second-order valence-electron chi connectivity index (χ2n) is 3.48. The van der Waals surface area contributed by atoms with E-state index in [2.05, 4.69) is 5.32 Å². The highest BCUT2D eigenvalue weighted by atomic mass is 19.4. The van der Waals surface area contributed by atoms with Crippen molar-refractivity contribution in [1.82, 2.24) is 5.32 Å². The first kappa shape index (κ1) is 13.0. The molecule has 0 radical (unpaired) electrons. The van der Waals surface area contributed by atoms with Crippen molar-refractivity contribution >= 4 is 0 Å². The largest absolute Gasteiger partial charge is 0.416 e. The molecule has 1 N–H and O–H groups in total. The van der Waals surface area contributed by atoms with Crippen LogP contribution in [0.5, 0.6) is 0 Å². The Balaban J connectivity index is 3.28. The van der Waals surface area contributed by atoms with Crippen LogP contribution in [0.4, 0.5) is 17.6 Å². The Kier molecular flexibility index (Phi) is 3.91. The molecule has 0 aromatic heterocycles. The number of halogens is 4. The third-order valence-corrected chi connectivity index (χ3v) is 2.45. The Bertz CT molecular complexity index is 355. The Morgan fingerprint density at radius 3 is 2.38 bits per heavy atom. The van der Waals surface area contributed by atoms with Gasteiger partial charge in [0, 0.05) is 6.04 Å². The molecular formula is C11H13F4N. The van der Waals surface area contributed by atoms with Gasteiger partial charge in [-0.1, -0.05) is 6.92 Å². The van der Waals surface area contributed by atoms with Crippen LogP contribution < -0.4 is 5.32 Å². The minimum Gasteiger partial charge on any atom is -0.313 e. The van der Waals surface area contributed by atoms with Crippen molar-refractivity contribution in [3.05, 3.63) is 35.1 Å². The molecule has 1 atom stereocenters. The molecule has 0 heterocycles. The second kappa shape index (κ2) is 4.82. The van der Waals surface area contributed by atoms with E-state index >= 15 is 0 Å². The Labute approximate surface area is 91.5 Å². The van der Waals surface area contributed by atoms with Gasteiger partial charge in [0.25, 0.3) is 0 Å². The van der Waals surface area contributed by atoms with Gasteiger partial charge < -0.3 is 5.32 Å². The predicted molar refractivity (Wildman–Crippen MR) is 53.5 cm³/mol. The number of nitrogens with one attached hydrogen (secondary N) is 1. The molecule has 0 bridgehead atoms. The molecule has 1 unspecified atom stereocenters. The lowest BCUT2D eigenvalue weighted by atomic mass is 9.98. The number of hydrogen-bond donors (Lipinski definition) is 1. The van der Waals surface area contributed by atoms with E-state index in [1.165, 1.54) is 0 Å². The first-order chi connectivity index (χ1) is 7.40. The van der Waals surface area contributed by atoms with Crippen LogP contribution in [0.1, 0.15) is 30.5 Å². The van der Waals surface area contributed by atoms with Gasteiger partial charge in [-0.2, -0.15) is 13.2 Å². The fourth-order valence-corrected chi connectivity index (χ4v) is 1.66. The molecule has 90 valence electrons. The van der Waals surface area contributed by atoms with Gasteiger partial charge in [0.2, 0.25) is 0 Å². The van der Waals surface area contributed by atoms with Gasteiger partial charge in [-0.3, -0.25) is 0 Å². The van der Waals surface area contributed by atoms with E-state index in [-0.39, 0.29) is 5.56 Å². The van der Waals surface area contributed by atoms with Crippen molar-refractivity contribution in [2.24, 2.45) is 0 Å². The smallest absolute Gasteiger partial charge is 0.313 e. The summed E-state index contributed by atoms with van der Waals surface area (Å²) in [5.41, 5.74) is -0.826. The molecule has 0 aliphatic carbocycles. The van der Waals surface area contributed by atoms with E-state index < -0.39 is 23.6 Å². The van der Waals surface area contributed by atoms with Crippen LogP contribution in [0, 0.1) is 5.82 Å². The van der Waals surface area contributed by atoms with Crippen LogP contribution >= 0.6 is 0 Å². The molecular weight excluding hydrogens is 222 g/mol. The van der Waals surface area contributed by atoms with Gasteiger partial charge in [0.15, 0.2) is 0 Å². The molecule has 5 heteroatoms. The molecule has 1 aromatic carbocycles. The summed E-state index contributed by atoms with van der Waals surface area (Å²) in [6.07, 6.45) is -3.99. The minimum atomic E-state index is -4.45. The fraction of sp³-hybridized carbons (Fsp3) is 0.455. The summed E-state index contributed by atoms with van der Waals surface area (Å²) >= 11 is 0. The molecule has 0 aliphatic heterocycles. The Morgan fingerprint density at radius 1 is 1.31 bits per heavy atom. The summed E-state index contributed by atoms with van der Waals surface area (Å²) in [4.78, 5) is 0. The quantitative estimate of drug-likeness (QED) is 0.790. The summed E-state index contributed by atoms with van der Waals surface area (Å²) in [7, 11) is 1.55. The van der Waals surface area contributed by atoms with Crippen molar-refractivity contribution in [2.75, 3.05) is 7.05 Å². The maximum atomic E-state index is 13.0. The van der Waals surface area contributed by atoms with Gasteiger partial charge in [0.1, 0.15) is 5.82 Å². The van der Waals surface area contributed by atoms with Gasteiger partial charge in [-0.15, -0.1) is 0 Å². The number of hydrogen-bond acceptors (Lipinski definition) is 1. The highest BCUT2D eigenvalue weighted by molar-refractivity contribution is 5.33. The van der Waals surface area contributed by atoms with E-state index in [4.69, 9.17) is 0 Å². The zero-order chi connectivity index (χ0) is 12.3. The fourth-order valence-electron chi connectivity index (χ4n) is 1.66. The highest BCUT2D eigenvalue weighted by Crippen LogP contribution is 2.35. The zero-order valence-corrected chi connectivity index (χ0v) is 9.03. The van der Waals surface area contributed by atoms with Crippen molar-refractivity contribution in [1.29, 1.82) is 0 Å². The lowest BCUT2D eigenvalue weighted by Gasteiger charge is -2.20. The summed E-state index contributed by atoms with van der Waals surface area (Å²) in [6, 6.07) is 2.06. The van der Waals surface area contributed by atoms with Gasteiger partial charge in [-0.25, -0.2) is 4.39 Å². The molecule has 1 aromatic rings. The molecule has 0 aliphatic rings. The van der Waals surface area contributed by atoms with Crippen LogP contribution in [0.3, 0.4) is 0 Å². The summed E-state index contributed by atoms with van der Waals surface area (Å²) < 4.78 is 51.0. The van der Waals surface area contributed by atoms with E-state index in [0.717, 1.165) is 18.2 Å². The lowest BCUT2D eigenvalue weighted by molar-refractivity contribution is -0.138. The van der Waals surface area contributed by atoms with Crippen LogP contribution in [0.15, 0.2) is 18.2 Å². The number of alkyl halides is 3. The maximum Gasteiger partial charge on any atom is 0.416 e. The Hall–Kier alpha value is -1.10. The first-order valence-electron chi connectivity index (χ1n) is 4.94. The Morgan fingerprint density at radius 2 is 1.94 bits per heavy atom. The predicted octanol–water partition coefficient (Wildman–Crippen LogP) is 3.52. The summed E-state index contributed by atoms with van der Waals surface area (Å²) in [5, 5.41) is 2.74. The molecule has 0 saturated carbocycles. The highest BCUT2D eigenvalue weighted by Gasteiger charge is 2.34. The molecule has 0 amide bonds. The maximum absolute atomic E-state index is 13.0. The minimum absolute atomic E-state index is 0.0440. The molecule has 0 saturated heterocycles. The zero-order valence-electron chi connectivity index (χ0n) is 9.03. The second-order valence-corrected chi connectivity index (χ2v) is 3.48. The van der Waals surface area contributed by atoms with Crippen LogP contribution in [0.25, 0.3) is 0 Å².